The van der Waals surface area contributed by atoms with Crippen molar-refractivity contribution in [1.82, 2.24) is 0 Å². The number of hydrogen-bond donors (Lipinski definition) is 0. The summed E-state index contributed by atoms with van der Waals surface area (Å²) in [6.07, 6.45) is 1.70. The zero-order chi connectivity index (χ0) is 13.0. The number of benzene rings is 1. The molecule has 1 aromatic carbocycles. The van der Waals surface area contributed by atoms with Crippen LogP contribution < -0.4 is 0 Å². The monoisotopic (exact) mass is 280 g/mol. The van der Waals surface area contributed by atoms with Gasteiger partial charge in [-0.1, -0.05) is 31.2 Å². The highest BCUT2D eigenvalue weighted by molar-refractivity contribution is 8.07. The van der Waals surface area contributed by atoms with Crippen LogP contribution in [-0.2, 0) is 11.2 Å². The molecule has 0 radical (unpaired) electrons. The lowest BCUT2D eigenvalue weighted by Gasteiger charge is -2.28. The molecule has 2 rings (SSSR count). The second-order valence-corrected chi connectivity index (χ2v) is 7.27. The van der Waals surface area contributed by atoms with Crippen molar-refractivity contribution in [1.29, 1.82) is 0 Å². The van der Waals surface area contributed by atoms with Crippen LogP contribution in [0.2, 0.25) is 0 Å². The molecule has 0 aromatic heterocycles. The molecule has 3 heteroatoms. The molecule has 0 N–H and O–H groups in total. The highest BCUT2D eigenvalue weighted by Crippen LogP contribution is 2.34. The molecule has 2 unspecified atom stereocenters. The number of carbonyl (C=O) groups is 1. The summed E-state index contributed by atoms with van der Waals surface area (Å²) < 4.78 is 0. The van der Waals surface area contributed by atoms with Gasteiger partial charge in [0.25, 0.3) is 0 Å². The molecule has 1 aliphatic rings. The SMILES string of the molecule is CCC1SCCSC1C(=O)Cc1ccccc1C. The van der Waals surface area contributed by atoms with E-state index < -0.39 is 0 Å². The van der Waals surface area contributed by atoms with Crippen molar-refractivity contribution in [2.45, 2.75) is 37.2 Å². The molecule has 1 saturated heterocycles. The number of Topliss-reactive ketones (excluding diaryl/α,β-unsaturated/α-hetero) is 1. The maximum Gasteiger partial charge on any atom is 0.151 e. The molecule has 0 saturated carbocycles. The van der Waals surface area contributed by atoms with Crippen LogP contribution in [0.3, 0.4) is 0 Å². The Morgan fingerprint density at radius 2 is 2.00 bits per heavy atom. The lowest BCUT2D eigenvalue weighted by atomic mass is 10.0. The Labute approximate surface area is 118 Å². The third-order valence-corrected chi connectivity index (χ3v) is 6.69. The molecule has 1 heterocycles. The van der Waals surface area contributed by atoms with E-state index in [9.17, 15) is 4.79 Å². The molecule has 0 aliphatic carbocycles. The highest BCUT2D eigenvalue weighted by atomic mass is 32.2. The molecule has 1 aliphatic heterocycles. The van der Waals surface area contributed by atoms with Gasteiger partial charge in [0.05, 0.1) is 5.25 Å². The maximum atomic E-state index is 12.5. The van der Waals surface area contributed by atoms with Gasteiger partial charge in [-0.15, -0.1) is 11.8 Å². The van der Waals surface area contributed by atoms with Gasteiger partial charge in [-0.2, -0.15) is 11.8 Å². The Bertz CT molecular complexity index is 417. The number of carbonyl (C=O) groups excluding carboxylic acids is 1. The molecule has 0 amide bonds. The molecule has 0 bridgehead atoms. The van der Waals surface area contributed by atoms with Crippen molar-refractivity contribution in [3.63, 3.8) is 0 Å². The fraction of sp³-hybridized carbons (Fsp3) is 0.533. The van der Waals surface area contributed by atoms with E-state index in [-0.39, 0.29) is 5.25 Å². The van der Waals surface area contributed by atoms with Crippen LogP contribution >= 0.6 is 23.5 Å². The van der Waals surface area contributed by atoms with E-state index in [1.165, 1.54) is 16.9 Å². The third kappa shape index (κ3) is 3.33. The summed E-state index contributed by atoms with van der Waals surface area (Å²) in [6.45, 7) is 4.28. The Kier molecular flexibility index (Phi) is 5.19. The molecule has 18 heavy (non-hydrogen) atoms. The Balaban J connectivity index is 2.05. The summed E-state index contributed by atoms with van der Waals surface area (Å²) in [5.41, 5.74) is 2.42. The fourth-order valence-electron chi connectivity index (χ4n) is 2.30. The first kappa shape index (κ1) is 14.0. The minimum Gasteiger partial charge on any atom is -0.298 e. The molecule has 1 fully saturated rings. The minimum absolute atomic E-state index is 0.202. The van der Waals surface area contributed by atoms with Crippen LogP contribution in [0.25, 0.3) is 0 Å². The Morgan fingerprint density at radius 1 is 1.28 bits per heavy atom. The second-order valence-electron chi connectivity index (χ2n) is 4.68. The van der Waals surface area contributed by atoms with Crippen molar-refractivity contribution >= 4 is 29.3 Å². The van der Waals surface area contributed by atoms with Crippen molar-refractivity contribution in [3.8, 4) is 0 Å². The molecule has 98 valence electrons. The van der Waals surface area contributed by atoms with Gasteiger partial charge in [-0.25, -0.2) is 0 Å². The largest absolute Gasteiger partial charge is 0.298 e. The van der Waals surface area contributed by atoms with Crippen LogP contribution in [0.4, 0.5) is 0 Å². The van der Waals surface area contributed by atoms with Gasteiger partial charge < -0.3 is 0 Å². The van der Waals surface area contributed by atoms with E-state index >= 15 is 0 Å². The van der Waals surface area contributed by atoms with Crippen molar-refractivity contribution < 1.29 is 4.79 Å². The number of thioether (sulfide) groups is 2. The van der Waals surface area contributed by atoms with Crippen molar-refractivity contribution in [2.75, 3.05) is 11.5 Å². The normalized spacial score (nSPS) is 23.9. The van der Waals surface area contributed by atoms with Gasteiger partial charge in [0.2, 0.25) is 0 Å². The molecular formula is C15H20OS2. The minimum atomic E-state index is 0.202. The number of aryl methyl sites for hydroxylation is 1. The zero-order valence-electron chi connectivity index (χ0n) is 11.0. The van der Waals surface area contributed by atoms with Gasteiger partial charge in [0, 0.05) is 23.2 Å². The average Bonchev–Trinajstić information content (AvgIpc) is 2.41. The van der Waals surface area contributed by atoms with Crippen LogP contribution in [0.5, 0.6) is 0 Å². The van der Waals surface area contributed by atoms with Gasteiger partial charge in [0.1, 0.15) is 0 Å². The summed E-state index contributed by atoms with van der Waals surface area (Å²) in [5, 5.41) is 0.716. The summed E-state index contributed by atoms with van der Waals surface area (Å²) in [4.78, 5) is 12.5. The quantitative estimate of drug-likeness (QED) is 0.836. The summed E-state index contributed by atoms with van der Waals surface area (Å²) in [5.74, 6) is 2.72. The lowest BCUT2D eigenvalue weighted by Crippen LogP contribution is -2.33. The average molecular weight is 280 g/mol. The zero-order valence-corrected chi connectivity index (χ0v) is 12.7. The van der Waals surface area contributed by atoms with Crippen LogP contribution in [0, 0.1) is 6.92 Å². The molecule has 1 aromatic rings. The smallest absolute Gasteiger partial charge is 0.151 e. The lowest BCUT2D eigenvalue weighted by molar-refractivity contribution is -0.117. The van der Waals surface area contributed by atoms with Crippen molar-refractivity contribution in [3.05, 3.63) is 35.4 Å². The van der Waals surface area contributed by atoms with Crippen LogP contribution in [-0.4, -0.2) is 27.8 Å². The number of ketones is 1. The summed E-state index contributed by atoms with van der Waals surface area (Å²) >= 11 is 3.83. The van der Waals surface area contributed by atoms with Gasteiger partial charge >= 0.3 is 0 Å². The molecule has 1 nitrogen and oxygen atoms in total. The number of rotatable bonds is 4. The van der Waals surface area contributed by atoms with Crippen LogP contribution in [0.15, 0.2) is 24.3 Å². The van der Waals surface area contributed by atoms with Crippen LogP contribution in [0.1, 0.15) is 24.5 Å². The molecular weight excluding hydrogens is 260 g/mol. The summed E-state index contributed by atoms with van der Waals surface area (Å²) in [7, 11) is 0. The van der Waals surface area contributed by atoms with E-state index in [1.807, 2.05) is 35.7 Å². The summed E-state index contributed by atoms with van der Waals surface area (Å²) in [6, 6.07) is 8.22. The first-order chi connectivity index (χ1) is 8.72. The van der Waals surface area contributed by atoms with E-state index in [4.69, 9.17) is 0 Å². The first-order valence-corrected chi connectivity index (χ1v) is 8.62. The predicted molar refractivity (Wildman–Crippen MR) is 82.7 cm³/mol. The Morgan fingerprint density at radius 3 is 2.72 bits per heavy atom. The standard InChI is InChI=1S/C15H20OS2/c1-3-14-15(18-9-8-17-14)13(16)10-12-7-5-4-6-11(12)2/h4-7,14-15H,3,8-10H2,1-2H3. The molecule has 0 spiro atoms. The first-order valence-electron chi connectivity index (χ1n) is 6.52. The number of hydrogen-bond acceptors (Lipinski definition) is 3. The topological polar surface area (TPSA) is 17.1 Å². The van der Waals surface area contributed by atoms with Crippen molar-refractivity contribution in [2.24, 2.45) is 0 Å². The fourth-order valence-corrected chi connectivity index (χ4v) is 5.33. The maximum absolute atomic E-state index is 12.5. The Hall–Kier alpha value is -0.410. The van der Waals surface area contributed by atoms with E-state index in [0.717, 1.165) is 12.2 Å². The van der Waals surface area contributed by atoms with Gasteiger partial charge in [-0.05, 0) is 24.5 Å². The van der Waals surface area contributed by atoms with E-state index in [0.29, 0.717) is 17.5 Å². The van der Waals surface area contributed by atoms with E-state index in [1.54, 1.807) is 0 Å². The van der Waals surface area contributed by atoms with Gasteiger partial charge in [0.15, 0.2) is 5.78 Å². The predicted octanol–water partition coefficient (Wildman–Crippen LogP) is 3.73. The van der Waals surface area contributed by atoms with E-state index in [2.05, 4.69) is 26.0 Å². The molecule has 2 atom stereocenters. The third-order valence-electron chi connectivity index (χ3n) is 3.40. The second kappa shape index (κ2) is 6.67. The highest BCUT2D eigenvalue weighted by Gasteiger charge is 2.30. The van der Waals surface area contributed by atoms with Gasteiger partial charge in [-0.3, -0.25) is 4.79 Å².